The summed E-state index contributed by atoms with van der Waals surface area (Å²) in [6.45, 7) is 4.65. The van der Waals surface area contributed by atoms with Gasteiger partial charge in [0.25, 0.3) is 0 Å². The van der Waals surface area contributed by atoms with Crippen LogP contribution in [0.1, 0.15) is 16.8 Å². The molecule has 0 aliphatic rings. The molecular weight excluding hydrogens is 263 g/mol. The monoisotopic (exact) mass is 282 g/mol. The minimum absolute atomic E-state index is 0.165. The highest BCUT2D eigenvalue weighted by Gasteiger charge is 2.10. The number of fused-ring (bicyclic) bond motifs is 1. The lowest BCUT2D eigenvalue weighted by molar-refractivity contribution is 0.618. The molecule has 3 aromatic rings. The first-order chi connectivity index (χ1) is 10.1. The smallest absolute Gasteiger partial charge is 0.126 e. The Balaban J connectivity index is 1.90. The van der Waals surface area contributed by atoms with Gasteiger partial charge < -0.3 is 9.88 Å². The van der Waals surface area contributed by atoms with Crippen molar-refractivity contribution in [1.29, 1.82) is 0 Å². The molecule has 3 heteroatoms. The van der Waals surface area contributed by atoms with Crippen LogP contribution in [0.5, 0.6) is 0 Å². The molecule has 1 heterocycles. The summed E-state index contributed by atoms with van der Waals surface area (Å²) in [6, 6.07) is 13.5. The minimum Gasteiger partial charge on any atom is -0.379 e. The average Bonchev–Trinajstić information content (AvgIpc) is 2.73. The van der Waals surface area contributed by atoms with E-state index < -0.39 is 0 Å². The first-order valence-electron chi connectivity index (χ1n) is 7.11. The van der Waals surface area contributed by atoms with Crippen molar-refractivity contribution in [3.05, 3.63) is 65.1 Å². The van der Waals surface area contributed by atoms with Gasteiger partial charge in [-0.1, -0.05) is 18.2 Å². The van der Waals surface area contributed by atoms with Gasteiger partial charge >= 0.3 is 0 Å². The Kier molecular flexibility index (Phi) is 3.42. The molecule has 0 bridgehead atoms. The number of halogens is 1. The van der Waals surface area contributed by atoms with E-state index in [9.17, 15) is 4.39 Å². The lowest BCUT2D eigenvalue weighted by atomic mass is 10.1. The van der Waals surface area contributed by atoms with E-state index in [1.165, 1.54) is 28.2 Å². The third-order valence-electron chi connectivity index (χ3n) is 4.13. The number of anilines is 1. The Morgan fingerprint density at radius 1 is 1.10 bits per heavy atom. The van der Waals surface area contributed by atoms with Crippen molar-refractivity contribution in [1.82, 2.24) is 4.57 Å². The molecule has 0 fully saturated rings. The van der Waals surface area contributed by atoms with Crippen LogP contribution < -0.4 is 5.32 Å². The molecule has 0 atom stereocenters. The molecule has 2 aromatic carbocycles. The second-order valence-electron chi connectivity index (χ2n) is 5.47. The normalized spacial score (nSPS) is 11.0. The van der Waals surface area contributed by atoms with Gasteiger partial charge in [-0.05, 0) is 49.2 Å². The van der Waals surface area contributed by atoms with Crippen LogP contribution in [-0.2, 0) is 13.6 Å². The Hall–Kier alpha value is -2.29. The third kappa shape index (κ3) is 2.40. The van der Waals surface area contributed by atoms with Crippen molar-refractivity contribution in [3.63, 3.8) is 0 Å². The van der Waals surface area contributed by atoms with Crippen LogP contribution in [0.3, 0.4) is 0 Å². The topological polar surface area (TPSA) is 17.0 Å². The van der Waals surface area contributed by atoms with Crippen LogP contribution in [0.4, 0.5) is 10.1 Å². The number of benzene rings is 2. The lowest BCUT2D eigenvalue weighted by Gasteiger charge is -2.10. The molecule has 0 saturated heterocycles. The molecule has 0 amide bonds. The van der Waals surface area contributed by atoms with Crippen LogP contribution in [0.2, 0.25) is 0 Å². The molecule has 0 radical (unpaired) electrons. The van der Waals surface area contributed by atoms with E-state index in [0.717, 1.165) is 12.2 Å². The van der Waals surface area contributed by atoms with Gasteiger partial charge in [0.05, 0.1) is 6.54 Å². The first kappa shape index (κ1) is 13.7. The fraction of sp³-hybridized carbons (Fsp3) is 0.222. The fourth-order valence-corrected chi connectivity index (χ4v) is 2.83. The van der Waals surface area contributed by atoms with Crippen LogP contribution in [0.25, 0.3) is 10.9 Å². The first-order valence-corrected chi connectivity index (χ1v) is 7.11. The van der Waals surface area contributed by atoms with E-state index in [0.29, 0.717) is 5.56 Å². The summed E-state index contributed by atoms with van der Waals surface area (Å²) < 4.78 is 15.5. The molecule has 1 N–H and O–H groups in total. The molecule has 108 valence electrons. The molecule has 0 unspecified atom stereocenters. The van der Waals surface area contributed by atoms with Crippen LogP contribution in [0.15, 0.2) is 42.5 Å². The molecule has 0 saturated carbocycles. The van der Waals surface area contributed by atoms with Crippen molar-refractivity contribution in [2.45, 2.75) is 20.4 Å². The van der Waals surface area contributed by atoms with E-state index >= 15 is 0 Å². The Morgan fingerprint density at radius 3 is 2.57 bits per heavy atom. The third-order valence-corrected chi connectivity index (χ3v) is 4.13. The summed E-state index contributed by atoms with van der Waals surface area (Å²) in [6.07, 6.45) is 0. The second-order valence-corrected chi connectivity index (χ2v) is 5.47. The van der Waals surface area contributed by atoms with Gasteiger partial charge in [0.2, 0.25) is 0 Å². The maximum atomic E-state index is 13.3. The highest BCUT2D eigenvalue weighted by atomic mass is 19.1. The predicted octanol–water partition coefficient (Wildman–Crippen LogP) is 4.55. The molecular formula is C18H19FN2. The van der Waals surface area contributed by atoms with E-state index in [4.69, 9.17) is 0 Å². The molecule has 2 nitrogen and oxygen atoms in total. The summed E-state index contributed by atoms with van der Waals surface area (Å²) in [5.74, 6) is -0.165. The number of para-hydroxylation sites is 1. The van der Waals surface area contributed by atoms with Crippen molar-refractivity contribution in [3.8, 4) is 0 Å². The van der Waals surface area contributed by atoms with Crippen molar-refractivity contribution >= 4 is 16.6 Å². The maximum Gasteiger partial charge on any atom is 0.126 e. The summed E-state index contributed by atoms with van der Waals surface area (Å²) in [5.41, 5.74) is 5.38. The fourth-order valence-electron chi connectivity index (χ4n) is 2.83. The zero-order valence-electron chi connectivity index (χ0n) is 12.6. The Bertz CT molecular complexity index is 763. The lowest BCUT2D eigenvalue weighted by Crippen LogP contribution is -2.06. The Morgan fingerprint density at radius 2 is 1.86 bits per heavy atom. The highest BCUT2D eigenvalue weighted by molar-refractivity contribution is 5.85. The molecule has 0 spiro atoms. The maximum absolute atomic E-state index is 13.3. The van der Waals surface area contributed by atoms with E-state index in [1.54, 1.807) is 13.0 Å². The number of nitrogens with zero attached hydrogens (tertiary/aromatic N) is 1. The number of aryl methyl sites for hydroxylation is 3. The van der Waals surface area contributed by atoms with Gasteiger partial charge in [0.15, 0.2) is 0 Å². The average molecular weight is 282 g/mol. The molecule has 0 aliphatic carbocycles. The quantitative estimate of drug-likeness (QED) is 0.746. The Labute approximate surface area is 124 Å². The van der Waals surface area contributed by atoms with E-state index in [-0.39, 0.29) is 5.82 Å². The molecule has 21 heavy (non-hydrogen) atoms. The molecule has 0 aliphatic heterocycles. The predicted molar refractivity (Wildman–Crippen MR) is 86.1 cm³/mol. The summed E-state index contributed by atoms with van der Waals surface area (Å²) in [5, 5.41) is 4.67. The second kappa shape index (κ2) is 5.24. The zero-order valence-corrected chi connectivity index (χ0v) is 12.6. The number of rotatable bonds is 3. The van der Waals surface area contributed by atoms with E-state index in [2.05, 4.69) is 48.1 Å². The van der Waals surface area contributed by atoms with Gasteiger partial charge in [-0.25, -0.2) is 4.39 Å². The van der Waals surface area contributed by atoms with Crippen LogP contribution >= 0.6 is 0 Å². The molecule has 1 aromatic heterocycles. The van der Waals surface area contributed by atoms with E-state index in [1.807, 2.05) is 6.07 Å². The van der Waals surface area contributed by atoms with Gasteiger partial charge in [-0.15, -0.1) is 0 Å². The van der Waals surface area contributed by atoms with Crippen LogP contribution in [-0.4, -0.2) is 4.57 Å². The number of hydrogen-bond donors (Lipinski definition) is 1. The number of nitrogens with one attached hydrogen (secondary N) is 1. The van der Waals surface area contributed by atoms with Crippen molar-refractivity contribution in [2.24, 2.45) is 7.05 Å². The SMILES string of the molecule is Cc1cc(NCc2c(C)c3ccccc3n2C)ccc1F. The zero-order chi connectivity index (χ0) is 15.0. The number of aromatic nitrogens is 1. The highest BCUT2D eigenvalue weighted by Crippen LogP contribution is 2.25. The van der Waals surface area contributed by atoms with Crippen LogP contribution in [0, 0.1) is 19.7 Å². The van der Waals surface area contributed by atoms with Gasteiger partial charge in [-0.2, -0.15) is 0 Å². The van der Waals surface area contributed by atoms with Crippen molar-refractivity contribution < 1.29 is 4.39 Å². The summed E-state index contributed by atoms with van der Waals surface area (Å²) in [4.78, 5) is 0. The largest absolute Gasteiger partial charge is 0.379 e. The standard InChI is InChI=1S/C18H19FN2/c1-12-10-14(8-9-16(12)19)20-11-18-13(2)15-6-4-5-7-17(15)21(18)3/h4-10,20H,11H2,1-3H3. The summed E-state index contributed by atoms with van der Waals surface area (Å²) >= 11 is 0. The van der Waals surface area contributed by atoms with Gasteiger partial charge in [0.1, 0.15) is 5.82 Å². The minimum atomic E-state index is -0.165. The number of hydrogen-bond acceptors (Lipinski definition) is 1. The molecule has 3 rings (SSSR count). The van der Waals surface area contributed by atoms with Gasteiger partial charge in [0, 0.05) is 29.3 Å². The van der Waals surface area contributed by atoms with Crippen molar-refractivity contribution in [2.75, 3.05) is 5.32 Å². The summed E-state index contributed by atoms with van der Waals surface area (Å²) in [7, 11) is 2.09. The van der Waals surface area contributed by atoms with Gasteiger partial charge in [-0.3, -0.25) is 0 Å².